The molecule has 4 nitrogen and oxygen atoms in total. The second-order valence-electron chi connectivity index (χ2n) is 4.82. The summed E-state index contributed by atoms with van der Waals surface area (Å²) in [6, 6.07) is 7.77. The van der Waals surface area contributed by atoms with Gasteiger partial charge in [-0.2, -0.15) is 0 Å². The number of hydrogen-bond donors (Lipinski definition) is 0. The Hall–Kier alpha value is -1.84. The first kappa shape index (κ1) is 16.2. The van der Waals surface area contributed by atoms with Crippen molar-refractivity contribution in [2.75, 3.05) is 24.5 Å². The van der Waals surface area contributed by atoms with Crippen LogP contribution in [-0.2, 0) is 9.59 Å². The number of amides is 2. The number of benzene rings is 1. The molecular formula is C16H24N2O2. The molecule has 0 aliphatic carbocycles. The van der Waals surface area contributed by atoms with Gasteiger partial charge in [-0.25, -0.2) is 0 Å². The van der Waals surface area contributed by atoms with E-state index in [4.69, 9.17) is 0 Å². The molecule has 0 atom stereocenters. The summed E-state index contributed by atoms with van der Waals surface area (Å²) in [5.74, 6) is 0.0505. The molecule has 4 heteroatoms. The molecule has 1 aromatic carbocycles. The van der Waals surface area contributed by atoms with Crippen LogP contribution >= 0.6 is 0 Å². The van der Waals surface area contributed by atoms with Gasteiger partial charge in [0.1, 0.15) is 0 Å². The predicted molar refractivity (Wildman–Crippen MR) is 81.8 cm³/mol. The Balaban J connectivity index is 2.72. The smallest absolute Gasteiger partial charge is 0.224 e. The van der Waals surface area contributed by atoms with Gasteiger partial charge in [-0.3, -0.25) is 9.59 Å². The molecule has 0 fully saturated rings. The molecule has 1 rings (SSSR count). The number of hydrogen-bond acceptors (Lipinski definition) is 2. The third-order valence-corrected chi connectivity index (χ3v) is 3.39. The average Bonchev–Trinajstić information content (AvgIpc) is 2.42. The second kappa shape index (κ2) is 7.68. The lowest BCUT2D eigenvalue weighted by Crippen LogP contribution is -2.36. The minimum atomic E-state index is -0.0406. The molecule has 20 heavy (non-hydrogen) atoms. The van der Waals surface area contributed by atoms with E-state index in [9.17, 15) is 9.59 Å². The second-order valence-corrected chi connectivity index (χ2v) is 4.82. The van der Waals surface area contributed by atoms with E-state index in [1.54, 1.807) is 9.80 Å². The van der Waals surface area contributed by atoms with E-state index in [0.29, 0.717) is 26.1 Å². The fourth-order valence-corrected chi connectivity index (χ4v) is 2.13. The molecule has 0 radical (unpaired) electrons. The molecule has 0 saturated heterocycles. The Bertz CT molecular complexity index is 450. The predicted octanol–water partition coefficient (Wildman–Crippen LogP) is 2.61. The van der Waals surface area contributed by atoms with Crippen molar-refractivity contribution in [3.63, 3.8) is 0 Å². The third kappa shape index (κ3) is 4.37. The fraction of sp³-hybridized carbons (Fsp3) is 0.500. The van der Waals surface area contributed by atoms with Gasteiger partial charge >= 0.3 is 0 Å². The van der Waals surface area contributed by atoms with Crippen LogP contribution in [0, 0.1) is 6.92 Å². The minimum absolute atomic E-state index is 0.0406. The number of rotatable bonds is 6. The zero-order chi connectivity index (χ0) is 15.1. The van der Waals surface area contributed by atoms with Gasteiger partial charge in [-0.15, -0.1) is 0 Å². The monoisotopic (exact) mass is 276 g/mol. The summed E-state index contributed by atoms with van der Waals surface area (Å²) in [6.07, 6.45) is 0.356. The van der Waals surface area contributed by atoms with Crippen molar-refractivity contribution >= 4 is 17.5 Å². The number of carbonyl (C=O) groups excluding carboxylic acids is 2. The van der Waals surface area contributed by atoms with Crippen LogP contribution in [0.2, 0.25) is 0 Å². The van der Waals surface area contributed by atoms with Gasteiger partial charge in [-0.05, 0) is 32.9 Å². The van der Waals surface area contributed by atoms with Crippen LogP contribution in [-0.4, -0.2) is 36.3 Å². The maximum Gasteiger partial charge on any atom is 0.224 e. The van der Waals surface area contributed by atoms with Gasteiger partial charge in [0, 0.05) is 38.7 Å². The first-order valence-corrected chi connectivity index (χ1v) is 7.12. The van der Waals surface area contributed by atoms with E-state index >= 15 is 0 Å². The van der Waals surface area contributed by atoms with E-state index in [-0.39, 0.29) is 11.8 Å². The zero-order valence-electron chi connectivity index (χ0n) is 12.8. The van der Waals surface area contributed by atoms with Crippen molar-refractivity contribution in [2.24, 2.45) is 0 Å². The lowest BCUT2D eigenvalue weighted by atomic mass is 10.2. The Morgan fingerprint density at radius 3 is 2.05 bits per heavy atom. The molecule has 110 valence electrons. The SMILES string of the molecule is CCN(CC)C(=O)CCN(C(C)=O)c1ccc(C)cc1. The van der Waals surface area contributed by atoms with Crippen molar-refractivity contribution in [1.29, 1.82) is 0 Å². The molecule has 0 aliphatic heterocycles. The zero-order valence-corrected chi connectivity index (χ0v) is 12.8. The fourth-order valence-electron chi connectivity index (χ4n) is 2.13. The summed E-state index contributed by atoms with van der Waals surface area (Å²) < 4.78 is 0. The minimum Gasteiger partial charge on any atom is -0.343 e. The first-order valence-electron chi connectivity index (χ1n) is 7.12. The standard InChI is InChI=1S/C16H24N2O2/c1-5-17(6-2)16(20)11-12-18(14(4)19)15-9-7-13(3)8-10-15/h7-10H,5-6,11-12H2,1-4H3. The van der Waals surface area contributed by atoms with Crippen molar-refractivity contribution < 1.29 is 9.59 Å². The molecule has 0 heterocycles. The van der Waals surface area contributed by atoms with Gasteiger partial charge in [0.25, 0.3) is 0 Å². The Morgan fingerprint density at radius 1 is 1.05 bits per heavy atom. The summed E-state index contributed by atoms with van der Waals surface area (Å²) in [5, 5.41) is 0. The summed E-state index contributed by atoms with van der Waals surface area (Å²) in [7, 11) is 0. The van der Waals surface area contributed by atoms with E-state index in [2.05, 4.69) is 0 Å². The highest BCUT2D eigenvalue weighted by Crippen LogP contribution is 2.16. The highest BCUT2D eigenvalue weighted by molar-refractivity contribution is 5.92. The van der Waals surface area contributed by atoms with Gasteiger partial charge in [0.2, 0.25) is 11.8 Å². The highest BCUT2D eigenvalue weighted by Gasteiger charge is 2.15. The highest BCUT2D eigenvalue weighted by atomic mass is 16.2. The molecule has 0 N–H and O–H groups in total. The maximum absolute atomic E-state index is 12.0. The van der Waals surface area contributed by atoms with Crippen LogP contribution in [0.5, 0.6) is 0 Å². The molecule has 0 spiro atoms. The number of nitrogens with zero attached hydrogens (tertiary/aromatic N) is 2. The first-order chi connectivity index (χ1) is 9.49. The van der Waals surface area contributed by atoms with Crippen molar-refractivity contribution in [3.8, 4) is 0 Å². The van der Waals surface area contributed by atoms with E-state index in [1.165, 1.54) is 6.92 Å². The summed E-state index contributed by atoms with van der Waals surface area (Å²) >= 11 is 0. The van der Waals surface area contributed by atoms with Gasteiger partial charge in [0.05, 0.1) is 0 Å². The van der Waals surface area contributed by atoms with Crippen LogP contribution < -0.4 is 4.90 Å². The lowest BCUT2D eigenvalue weighted by molar-refractivity contribution is -0.130. The van der Waals surface area contributed by atoms with E-state index < -0.39 is 0 Å². The van der Waals surface area contributed by atoms with Gasteiger partial charge in [-0.1, -0.05) is 17.7 Å². The van der Waals surface area contributed by atoms with Crippen LogP contribution in [0.25, 0.3) is 0 Å². The molecule has 0 aliphatic rings. The van der Waals surface area contributed by atoms with Crippen LogP contribution in [0.4, 0.5) is 5.69 Å². The van der Waals surface area contributed by atoms with Crippen molar-refractivity contribution in [2.45, 2.75) is 34.1 Å². The van der Waals surface area contributed by atoms with Gasteiger partial charge in [0.15, 0.2) is 0 Å². The third-order valence-electron chi connectivity index (χ3n) is 3.39. The number of anilines is 1. The Labute approximate surface area is 121 Å². The Kier molecular flexibility index (Phi) is 6.22. The molecular weight excluding hydrogens is 252 g/mol. The average molecular weight is 276 g/mol. The molecule has 0 bridgehead atoms. The van der Waals surface area contributed by atoms with Crippen LogP contribution in [0.3, 0.4) is 0 Å². The van der Waals surface area contributed by atoms with Crippen molar-refractivity contribution in [1.82, 2.24) is 4.90 Å². The molecule has 2 amide bonds. The molecule has 0 saturated carbocycles. The Morgan fingerprint density at radius 2 is 1.60 bits per heavy atom. The van der Waals surface area contributed by atoms with Crippen molar-refractivity contribution in [3.05, 3.63) is 29.8 Å². The van der Waals surface area contributed by atoms with Gasteiger partial charge < -0.3 is 9.80 Å². The summed E-state index contributed by atoms with van der Waals surface area (Å²) in [6.45, 7) is 9.30. The number of aryl methyl sites for hydroxylation is 1. The summed E-state index contributed by atoms with van der Waals surface area (Å²) in [4.78, 5) is 27.2. The normalized spacial score (nSPS) is 10.2. The molecule has 1 aromatic rings. The van der Waals surface area contributed by atoms with E-state index in [1.807, 2.05) is 45.0 Å². The largest absolute Gasteiger partial charge is 0.343 e. The molecule has 0 unspecified atom stereocenters. The number of carbonyl (C=O) groups is 2. The summed E-state index contributed by atoms with van der Waals surface area (Å²) in [5.41, 5.74) is 1.99. The lowest BCUT2D eigenvalue weighted by Gasteiger charge is -2.24. The van der Waals surface area contributed by atoms with Crippen LogP contribution in [0.15, 0.2) is 24.3 Å². The quantitative estimate of drug-likeness (QED) is 0.801. The molecule has 0 aromatic heterocycles. The van der Waals surface area contributed by atoms with E-state index in [0.717, 1.165) is 11.3 Å². The topological polar surface area (TPSA) is 40.6 Å². The van der Waals surface area contributed by atoms with Crippen LogP contribution in [0.1, 0.15) is 32.8 Å². The maximum atomic E-state index is 12.0.